The molecule has 3 N–H and O–H groups in total. The van der Waals surface area contributed by atoms with E-state index in [-0.39, 0.29) is 5.91 Å². The van der Waals surface area contributed by atoms with Crippen LogP contribution in [-0.2, 0) is 11.3 Å². The van der Waals surface area contributed by atoms with Crippen molar-refractivity contribution in [1.29, 1.82) is 0 Å². The van der Waals surface area contributed by atoms with Gasteiger partial charge in [0.1, 0.15) is 0 Å². The predicted molar refractivity (Wildman–Crippen MR) is 93.0 cm³/mol. The van der Waals surface area contributed by atoms with Gasteiger partial charge in [0.05, 0.1) is 6.54 Å². The van der Waals surface area contributed by atoms with Crippen molar-refractivity contribution in [1.82, 2.24) is 10.6 Å². The van der Waals surface area contributed by atoms with E-state index in [1.807, 2.05) is 38.1 Å². The van der Waals surface area contributed by atoms with Crippen molar-refractivity contribution >= 4 is 17.6 Å². The normalized spacial score (nSPS) is 10.9. The minimum Gasteiger partial charge on any atom is -0.357 e. The number of nitrogens with one attached hydrogen (secondary N) is 3. The maximum atomic E-state index is 11.5. The van der Waals surface area contributed by atoms with Crippen LogP contribution >= 0.6 is 0 Å². The van der Waals surface area contributed by atoms with Gasteiger partial charge in [0.15, 0.2) is 5.96 Å². The van der Waals surface area contributed by atoms with E-state index in [0.717, 1.165) is 30.2 Å². The summed E-state index contributed by atoms with van der Waals surface area (Å²) in [7, 11) is 0. The second-order valence-electron chi connectivity index (χ2n) is 4.86. The lowest BCUT2D eigenvalue weighted by molar-refractivity contribution is -0.116. The molecule has 120 valence electrons. The predicted octanol–water partition coefficient (Wildman–Crippen LogP) is 2.67. The maximum Gasteiger partial charge on any atom is 0.224 e. The van der Waals surface area contributed by atoms with Gasteiger partial charge in [-0.2, -0.15) is 0 Å². The molecule has 0 saturated carbocycles. The summed E-state index contributed by atoms with van der Waals surface area (Å²) in [5.41, 5.74) is 1.91. The summed E-state index contributed by atoms with van der Waals surface area (Å²) in [6.07, 6.45) is 3.19. The maximum absolute atomic E-state index is 11.5. The highest BCUT2D eigenvalue weighted by atomic mass is 16.1. The van der Waals surface area contributed by atoms with Crippen LogP contribution in [0.1, 0.15) is 32.3 Å². The van der Waals surface area contributed by atoms with E-state index in [9.17, 15) is 4.79 Å². The summed E-state index contributed by atoms with van der Waals surface area (Å²) in [5, 5.41) is 9.20. The molecule has 22 heavy (non-hydrogen) atoms. The molecule has 0 unspecified atom stereocenters. The van der Waals surface area contributed by atoms with Gasteiger partial charge in [-0.25, -0.2) is 4.99 Å². The minimum absolute atomic E-state index is 0.0522. The molecule has 0 bridgehead atoms. The van der Waals surface area contributed by atoms with E-state index in [4.69, 9.17) is 0 Å². The van der Waals surface area contributed by atoms with Crippen molar-refractivity contribution in [3.63, 3.8) is 0 Å². The van der Waals surface area contributed by atoms with E-state index in [1.165, 1.54) is 0 Å². The number of amides is 1. The van der Waals surface area contributed by atoms with Gasteiger partial charge in [-0.15, -0.1) is 6.58 Å². The summed E-state index contributed by atoms with van der Waals surface area (Å²) in [6, 6.07) is 7.76. The standard InChI is InChI=1S/C17H26N4O/c1-4-7-16(22)21-15-10-8-14(9-11-15)13-20-17(18-6-3)19-12-5-2/h5,8-11H,2,4,6-7,12-13H2,1,3H3,(H,21,22)(H2,18,19,20). The molecule has 0 spiro atoms. The number of hydrogen-bond donors (Lipinski definition) is 3. The zero-order valence-electron chi connectivity index (χ0n) is 13.5. The fourth-order valence-electron chi connectivity index (χ4n) is 1.82. The van der Waals surface area contributed by atoms with Crippen LogP contribution in [0.3, 0.4) is 0 Å². The number of nitrogens with zero attached hydrogens (tertiary/aromatic N) is 1. The Labute approximate surface area is 132 Å². The zero-order chi connectivity index (χ0) is 16.2. The van der Waals surface area contributed by atoms with Crippen LogP contribution in [0.5, 0.6) is 0 Å². The molecule has 1 rings (SSSR count). The van der Waals surface area contributed by atoms with E-state index in [2.05, 4.69) is 27.5 Å². The lowest BCUT2D eigenvalue weighted by atomic mass is 10.2. The second-order valence-corrected chi connectivity index (χ2v) is 4.86. The fourth-order valence-corrected chi connectivity index (χ4v) is 1.82. The van der Waals surface area contributed by atoms with Gasteiger partial charge < -0.3 is 16.0 Å². The van der Waals surface area contributed by atoms with Crippen molar-refractivity contribution in [3.8, 4) is 0 Å². The van der Waals surface area contributed by atoms with Crippen LogP contribution in [0.4, 0.5) is 5.69 Å². The highest BCUT2D eigenvalue weighted by molar-refractivity contribution is 5.90. The molecule has 0 radical (unpaired) electrons. The molecule has 0 saturated heterocycles. The van der Waals surface area contributed by atoms with Gasteiger partial charge >= 0.3 is 0 Å². The number of anilines is 1. The first kappa shape index (κ1) is 17.8. The highest BCUT2D eigenvalue weighted by Crippen LogP contribution is 2.11. The molecule has 0 heterocycles. The van der Waals surface area contributed by atoms with Gasteiger partial charge in [0.2, 0.25) is 5.91 Å². The Morgan fingerprint density at radius 3 is 2.55 bits per heavy atom. The minimum atomic E-state index is 0.0522. The number of hydrogen-bond acceptors (Lipinski definition) is 2. The largest absolute Gasteiger partial charge is 0.357 e. The Morgan fingerprint density at radius 2 is 1.95 bits per heavy atom. The van der Waals surface area contributed by atoms with Gasteiger partial charge in [0.25, 0.3) is 0 Å². The lowest BCUT2D eigenvalue weighted by Gasteiger charge is -2.09. The van der Waals surface area contributed by atoms with Crippen molar-refractivity contribution in [2.45, 2.75) is 33.2 Å². The molecule has 0 fully saturated rings. The number of aliphatic imine (C=N–C) groups is 1. The molecular formula is C17H26N4O. The Bertz CT molecular complexity index is 494. The highest BCUT2D eigenvalue weighted by Gasteiger charge is 2.01. The van der Waals surface area contributed by atoms with Crippen molar-refractivity contribution in [3.05, 3.63) is 42.5 Å². The smallest absolute Gasteiger partial charge is 0.224 e. The van der Waals surface area contributed by atoms with Crippen molar-refractivity contribution < 1.29 is 4.79 Å². The summed E-state index contributed by atoms with van der Waals surface area (Å²) in [5.74, 6) is 0.819. The lowest BCUT2D eigenvalue weighted by Crippen LogP contribution is -2.37. The third-order valence-corrected chi connectivity index (χ3v) is 2.89. The summed E-state index contributed by atoms with van der Waals surface area (Å²) >= 11 is 0. The first-order chi connectivity index (χ1) is 10.7. The summed E-state index contributed by atoms with van der Waals surface area (Å²) in [4.78, 5) is 16.0. The molecular weight excluding hydrogens is 276 g/mol. The molecule has 0 aromatic heterocycles. The van der Waals surface area contributed by atoms with Gasteiger partial charge in [-0.3, -0.25) is 4.79 Å². The SMILES string of the molecule is C=CCNC(=NCc1ccc(NC(=O)CCC)cc1)NCC. The average Bonchev–Trinajstić information content (AvgIpc) is 2.51. The molecule has 0 aliphatic heterocycles. The molecule has 0 aliphatic rings. The van der Waals surface area contributed by atoms with E-state index >= 15 is 0 Å². The molecule has 5 heteroatoms. The molecule has 1 aromatic carbocycles. The molecule has 1 aromatic rings. The van der Waals surface area contributed by atoms with E-state index < -0.39 is 0 Å². The third kappa shape index (κ3) is 6.92. The van der Waals surface area contributed by atoms with Gasteiger partial charge in [0, 0.05) is 25.2 Å². The molecule has 0 aliphatic carbocycles. The number of carbonyl (C=O) groups excluding carboxylic acids is 1. The van der Waals surface area contributed by atoms with E-state index in [1.54, 1.807) is 6.08 Å². The van der Waals surface area contributed by atoms with Crippen LogP contribution in [0.15, 0.2) is 41.9 Å². The number of guanidine groups is 1. The molecule has 0 atom stereocenters. The van der Waals surface area contributed by atoms with Crippen LogP contribution < -0.4 is 16.0 Å². The van der Waals surface area contributed by atoms with Crippen molar-refractivity contribution in [2.75, 3.05) is 18.4 Å². The fraction of sp³-hybridized carbons (Fsp3) is 0.412. The third-order valence-electron chi connectivity index (χ3n) is 2.89. The van der Waals surface area contributed by atoms with Crippen LogP contribution in [0, 0.1) is 0 Å². The topological polar surface area (TPSA) is 65.5 Å². The molecule has 5 nitrogen and oxygen atoms in total. The Morgan fingerprint density at radius 1 is 1.23 bits per heavy atom. The number of carbonyl (C=O) groups is 1. The summed E-state index contributed by atoms with van der Waals surface area (Å²) < 4.78 is 0. The second kappa shape index (κ2) is 10.4. The monoisotopic (exact) mass is 302 g/mol. The number of rotatable bonds is 8. The van der Waals surface area contributed by atoms with Crippen LogP contribution in [-0.4, -0.2) is 25.0 Å². The van der Waals surface area contributed by atoms with Gasteiger partial charge in [-0.05, 0) is 31.0 Å². The first-order valence-corrected chi connectivity index (χ1v) is 7.71. The van der Waals surface area contributed by atoms with E-state index in [0.29, 0.717) is 19.5 Å². The zero-order valence-corrected chi connectivity index (χ0v) is 13.5. The quantitative estimate of drug-likeness (QED) is 0.393. The van der Waals surface area contributed by atoms with Crippen LogP contribution in [0.25, 0.3) is 0 Å². The first-order valence-electron chi connectivity index (χ1n) is 7.71. The Hall–Kier alpha value is -2.30. The van der Waals surface area contributed by atoms with Crippen molar-refractivity contribution in [2.24, 2.45) is 4.99 Å². The van der Waals surface area contributed by atoms with Gasteiger partial charge in [-0.1, -0.05) is 25.1 Å². The number of benzene rings is 1. The Kier molecular flexibility index (Phi) is 8.42. The summed E-state index contributed by atoms with van der Waals surface area (Å²) in [6.45, 7) is 9.76. The Balaban J connectivity index is 2.58. The molecule has 1 amide bonds. The average molecular weight is 302 g/mol. The van der Waals surface area contributed by atoms with Crippen LogP contribution in [0.2, 0.25) is 0 Å².